The fourth-order valence-electron chi connectivity index (χ4n) is 2.42. The van der Waals surface area contributed by atoms with Gasteiger partial charge >= 0.3 is 0 Å². The Morgan fingerprint density at radius 2 is 2.10 bits per heavy atom. The van der Waals surface area contributed by atoms with Gasteiger partial charge in [0.15, 0.2) is 6.61 Å². The van der Waals surface area contributed by atoms with Crippen molar-refractivity contribution in [2.24, 2.45) is 5.73 Å². The molecule has 0 saturated carbocycles. The Morgan fingerprint density at radius 1 is 1.35 bits per heavy atom. The van der Waals surface area contributed by atoms with Gasteiger partial charge in [-0.05, 0) is 44.9 Å². The maximum atomic E-state index is 12.1. The summed E-state index contributed by atoms with van der Waals surface area (Å²) >= 11 is 0. The van der Waals surface area contributed by atoms with E-state index in [1.54, 1.807) is 0 Å². The lowest BCUT2D eigenvalue weighted by Crippen LogP contribution is -2.38. The average molecular weight is 277 g/mol. The number of nitrogens with two attached hydrogens (primary N) is 1. The molecular formula is C15H23N3O2. The molecule has 2 heterocycles. The number of amides is 1. The molecule has 1 aliphatic rings. The van der Waals surface area contributed by atoms with E-state index in [4.69, 9.17) is 10.5 Å². The van der Waals surface area contributed by atoms with Crippen molar-refractivity contribution in [1.29, 1.82) is 0 Å². The summed E-state index contributed by atoms with van der Waals surface area (Å²) in [4.78, 5) is 18.4. The van der Waals surface area contributed by atoms with Crippen LogP contribution in [0.1, 0.15) is 30.7 Å². The summed E-state index contributed by atoms with van der Waals surface area (Å²) in [6.45, 7) is 4.24. The van der Waals surface area contributed by atoms with Crippen molar-refractivity contribution >= 4 is 5.91 Å². The van der Waals surface area contributed by atoms with E-state index in [2.05, 4.69) is 4.98 Å². The van der Waals surface area contributed by atoms with Crippen LogP contribution >= 0.6 is 0 Å². The second kappa shape index (κ2) is 7.24. The van der Waals surface area contributed by atoms with Gasteiger partial charge < -0.3 is 15.4 Å². The van der Waals surface area contributed by atoms with Gasteiger partial charge in [0, 0.05) is 25.2 Å². The van der Waals surface area contributed by atoms with Crippen LogP contribution in [-0.2, 0) is 11.2 Å². The van der Waals surface area contributed by atoms with Crippen molar-refractivity contribution in [3.05, 3.63) is 23.5 Å². The number of hydrogen-bond donors (Lipinski definition) is 1. The van der Waals surface area contributed by atoms with Crippen molar-refractivity contribution in [3.63, 3.8) is 0 Å². The molecule has 1 saturated heterocycles. The number of likely N-dealkylation sites (tertiary alicyclic amines) is 1. The first-order valence-electron chi connectivity index (χ1n) is 7.28. The molecule has 0 aromatic carbocycles. The molecule has 0 bridgehead atoms. The van der Waals surface area contributed by atoms with E-state index < -0.39 is 0 Å². The summed E-state index contributed by atoms with van der Waals surface area (Å²) in [5, 5.41) is 0. The quantitative estimate of drug-likeness (QED) is 0.880. The SMILES string of the molecule is Cc1ccc(OCC(=O)N2CCCCC2)c(CCN)n1. The smallest absolute Gasteiger partial charge is 0.260 e. The number of pyridine rings is 1. The first kappa shape index (κ1) is 14.8. The van der Waals surface area contributed by atoms with Gasteiger partial charge in [-0.2, -0.15) is 0 Å². The van der Waals surface area contributed by atoms with Gasteiger partial charge in [0.2, 0.25) is 0 Å². The van der Waals surface area contributed by atoms with Crippen LogP contribution in [0.4, 0.5) is 0 Å². The molecule has 1 aliphatic heterocycles. The van der Waals surface area contributed by atoms with Crippen LogP contribution in [0.2, 0.25) is 0 Å². The third kappa shape index (κ3) is 3.93. The van der Waals surface area contributed by atoms with Crippen molar-refractivity contribution in [3.8, 4) is 5.75 Å². The molecule has 110 valence electrons. The fraction of sp³-hybridized carbons (Fsp3) is 0.600. The Labute approximate surface area is 120 Å². The number of rotatable bonds is 5. The monoisotopic (exact) mass is 277 g/mol. The second-order valence-electron chi connectivity index (χ2n) is 5.17. The zero-order valence-corrected chi connectivity index (χ0v) is 12.1. The number of aryl methyl sites for hydroxylation is 1. The minimum absolute atomic E-state index is 0.0592. The topological polar surface area (TPSA) is 68.5 Å². The summed E-state index contributed by atoms with van der Waals surface area (Å²) < 4.78 is 5.65. The molecule has 5 heteroatoms. The van der Waals surface area contributed by atoms with E-state index in [1.165, 1.54) is 6.42 Å². The molecule has 1 aromatic heterocycles. The summed E-state index contributed by atoms with van der Waals surface area (Å²) in [7, 11) is 0. The zero-order chi connectivity index (χ0) is 14.4. The summed E-state index contributed by atoms with van der Waals surface area (Å²) in [5.74, 6) is 0.732. The lowest BCUT2D eigenvalue weighted by molar-refractivity contribution is -0.134. The van der Waals surface area contributed by atoms with E-state index in [1.807, 2.05) is 24.0 Å². The highest BCUT2D eigenvalue weighted by molar-refractivity contribution is 5.77. The lowest BCUT2D eigenvalue weighted by atomic mass is 10.1. The molecule has 5 nitrogen and oxygen atoms in total. The van der Waals surface area contributed by atoms with Crippen LogP contribution < -0.4 is 10.5 Å². The van der Waals surface area contributed by atoms with E-state index in [0.717, 1.165) is 37.3 Å². The molecule has 0 radical (unpaired) electrons. The largest absolute Gasteiger partial charge is 0.482 e. The Hall–Kier alpha value is -1.62. The maximum absolute atomic E-state index is 12.1. The highest BCUT2D eigenvalue weighted by atomic mass is 16.5. The number of carbonyl (C=O) groups is 1. The Kier molecular flexibility index (Phi) is 5.35. The molecule has 0 unspecified atom stereocenters. The second-order valence-corrected chi connectivity index (χ2v) is 5.17. The molecule has 1 fully saturated rings. The molecule has 0 aliphatic carbocycles. The number of piperidine rings is 1. The van der Waals surface area contributed by atoms with E-state index in [-0.39, 0.29) is 12.5 Å². The van der Waals surface area contributed by atoms with Gasteiger partial charge in [-0.25, -0.2) is 0 Å². The van der Waals surface area contributed by atoms with Gasteiger partial charge in [0.05, 0.1) is 5.69 Å². The minimum Gasteiger partial charge on any atom is -0.482 e. The van der Waals surface area contributed by atoms with Crippen molar-refractivity contribution < 1.29 is 9.53 Å². The van der Waals surface area contributed by atoms with E-state index in [0.29, 0.717) is 18.7 Å². The molecule has 0 spiro atoms. The third-order valence-electron chi connectivity index (χ3n) is 3.51. The van der Waals surface area contributed by atoms with Crippen LogP contribution in [-0.4, -0.2) is 42.0 Å². The van der Waals surface area contributed by atoms with Crippen LogP contribution in [0.3, 0.4) is 0 Å². The lowest BCUT2D eigenvalue weighted by Gasteiger charge is -2.26. The minimum atomic E-state index is 0.0592. The maximum Gasteiger partial charge on any atom is 0.260 e. The third-order valence-corrected chi connectivity index (χ3v) is 3.51. The van der Waals surface area contributed by atoms with Gasteiger partial charge in [-0.3, -0.25) is 9.78 Å². The summed E-state index contributed by atoms with van der Waals surface area (Å²) in [6, 6.07) is 3.76. The standard InChI is InChI=1S/C15H23N3O2/c1-12-5-6-14(13(17-12)7-8-16)20-11-15(19)18-9-3-2-4-10-18/h5-6H,2-4,7-11,16H2,1H3. The van der Waals surface area contributed by atoms with Gasteiger partial charge in [0.1, 0.15) is 5.75 Å². The molecule has 2 rings (SSSR count). The number of hydrogen-bond acceptors (Lipinski definition) is 4. The summed E-state index contributed by atoms with van der Waals surface area (Å²) in [6.07, 6.45) is 4.06. The van der Waals surface area contributed by atoms with Crippen LogP contribution in [0.5, 0.6) is 5.75 Å². The Morgan fingerprint density at radius 3 is 2.80 bits per heavy atom. The van der Waals surface area contributed by atoms with Crippen molar-refractivity contribution in [1.82, 2.24) is 9.88 Å². The van der Waals surface area contributed by atoms with Crippen LogP contribution in [0.25, 0.3) is 0 Å². The van der Waals surface area contributed by atoms with E-state index >= 15 is 0 Å². The van der Waals surface area contributed by atoms with Crippen LogP contribution in [0.15, 0.2) is 12.1 Å². The predicted molar refractivity (Wildman–Crippen MR) is 77.7 cm³/mol. The van der Waals surface area contributed by atoms with E-state index in [9.17, 15) is 4.79 Å². The van der Waals surface area contributed by atoms with Gasteiger partial charge in [-0.1, -0.05) is 0 Å². The fourth-order valence-corrected chi connectivity index (χ4v) is 2.42. The molecule has 1 aromatic rings. The van der Waals surface area contributed by atoms with Gasteiger partial charge in [0.25, 0.3) is 5.91 Å². The first-order valence-corrected chi connectivity index (χ1v) is 7.28. The molecule has 20 heavy (non-hydrogen) atoms. The highest BCUT2D eigenvalue weighted by Crippen LogP contribution is 2.18. The molecular weight excluding hydrogens is 254 g/mol. The molecule has 1 amide bonds. The highest BCUT2D eigenvalue weighted by Gasteiger charge is 2.17. The Balaban J connectivity index is 1.94. The average Bonchev–Trinajstić information content (AvgIpc) is 2.47. The Bertz CT molecular complexity index is 456. The van der Waals surface area contributed by atoms with Crippen LogP contribution in [0, 0.1) is 6.92 Å². The first-order chi connectivity index (χ1) is 9.70. The van der Waals surface area contributed by atoms with Crippen molar-refractivity contribution in [2.45, 2.75) is 32.6 Å². The molecule has 2 N–H and O–H groups in total. The number of ether oxygens (including phenoxy) is 1. The summed E-state index contributed by atoms with van der Waals surface area (Å²) in [5.41, 5.74) is 7.35. The normalized spacial score (nSPS) is 15.2. The zero-order valence-electron chi connectivity index (χ0n) is 12.1. The number of aromatic nitrogens is 1. The van der Waals surface area contributed by atoms with Crippen molar-refractivity contribution in [2.75, 3.05) is 26.2 Å². The van der Waals surface area contributed by atoms with Gasteiger partial charge in [-0.15, -0.1) is 0 Å². The molecule has 0 atom stereocenters. The number of carbonyl (C=O) groups excluding carboxylic acids is 1. The number of nitrogens with zero attached hydrogens (tertiary/aromatic N) is 2. The predicted octanol–water partition coefficient (Wildman–Crippen LogP) is 1.28.